The van der Waals surface area contributed by atoms with Crippen LogP contribution in [0.5, 0.6) is 0 Å². The quantitative estimate of drug-likeness (QED) is 0.891. The number of hydrogen-bond donors (Lipinski definition) is 1. The molecule has 0 saturated heterocycles. The molecule has 2 aromatic rings. The number of nitrogens with zero attached hydrogens (tertiary/aromatic N) is 2. The van der Waals surface area contributed by atoms with Crippen LogP contribution in [-0.4, -0.2) is 9.13 Å². The minimum absolute atomic E-state index is 0.246. The lowest BCUT2D eigenvalue weighted by molar-refractivity contribution is 0.630. The van der Waals surface area contributed by atoms with Crippen LogP contribution in [0.15, 0.2) is 40.1 Å². The number of rotatable bonds is 4. The molecule has 0 radical (unpaired) electrons. The van der Waals surface area contributed by atoms with Crippen LogP contribution in [0.4, 0.5) is 0 Å². The van der Waals surface area contributed by atoms with Crippen molar-refractivity contribution < 1.29 is 0 Å². The molecule has 1 aromatic heterocycles. The van der Waals surface area contributed by atoms with E-state index >= 15 is 0 Å². The van der Waals surface area contributed by atoms with Crippen molar-refractivity contribution in [2.75, 3.05) is 0 Å². The third kappa shape index (κ3) is 3.05. The van der Waals surface area contributed by atoms with E-state index in [0.29, 0.717) is 18.7 Å². The summed E-state index contributed by atoms with van der Waals surface area (Å²) in [4.78, 5) is 23.5. The molecule has 1 N–H and O–H groups in total. The molecule has 0 fully saturated rings. The summed E-state index contributed by atoms with van der Waals surface area (Å²) in [6, 6.07) is 8.23. The van der Waals surface area contributed by atoms with E-state index in [2.05, 4.69) is 29.6 Å². The van der Waals surface area contributed by atoms with Crippen molar-refractivity contribution in [3.63, 3.8) is 0 Å². The van der Waals surface area contributed by atoms with E-state index in [1.165, 1.54) is 17.2 Å². The van der Waals surface area contributed by atoms with Gasteiger partial charge in [-0.05, 0) is 12.5 Å². The van der Waals surface area contributed by atoms with Crippen molar-refractivity contribution in [3.8, 4) is 0 Å². The maximum atomic E-state index is 11.9. The molecule has 5 heteroatoms. The van der Waals surface area contributed by atoms with Gasteiger partial charge in [-0.25, -0.2) is 4.79 Å². The second-order valence-electron chi connectivity index (χ2n) is 5.00. The summed E-state index contributed by atoms with van der Waals surface area (Å²) >= 11 is 0. The van der Waals surface area contributed by atoms with Crippen molar-refractivity contribution in [3.05, 3.63) is 68.0 Å². The fourth-order valence-corrected chi connectivity index (χ4v) is 2.05. The SMILES string of the molecule is Cc1ccc(CNCc2cn(C)c(=O)n(C)c2=O)cc1. The standard InChI is InChI=1S/C15H19N3O2/c1-11-4-6-12(7-5-11)8-16-9-13-10-17(2)15(20)18(3)14(13)19/h4-7,10,16H,8-9H2,1-3H3. The van der Waals surface area contributed by atoms with Crippen LogP contribution in [0, 0.1) is 6.92 Å². The Hall–Kier alpha value is -2.14. The van der Waals surface area contributed by atoms with Crippen LogP contribution in [0.25, 0.3) is 0 Å². The van der Waals surface area contributed by atoms with E-state index in [9.17, 15) is 9.59 Å². The zero-order valence-corrected chi connectivity index (χ0v) is 12.0. The number of aromatic nitrogens is 2. The molecule has 106 valence electrons. The number of aryl methyl sites for hydroxylation is 2. The van der Waals surface area contributed by atoms with Crippen molar-refractivity contribution in [2.24, 2.45) is 14.1 Å². The van der Waals surface area contributed by atoms with Crippen LogP contribution in [0.3, 0.4) is 0 Å². The lowest BCUT2D eigenvalue weighted by atomic mass is 10.1. The largest absolute Gasteiger partial charge is 0.330 e. The van der Waals surface area contributed by atoms with Gasteiger partial charge in [-0.15, -0.1) is 0 Å². The van der Waals surface area contributed by atoms with Crippen LogP contribution in [0.1, 0.15) is 16.7 Å². The minimum Gasteiger partial charge on any atom is -0.308 e. The molecule has 0 atom stereocenters. The van der Waals surface area contributed by atoms with Gasteiger partial charge in [0, 0.05) is 38.9 Å². The predicted octanol–water partition coefficient (Wildman–Crippen LogP) is 0.682. The third-order valence-corrected chi connectivity index (χ3v) is 3.28. The summed E-state index contributed by atoms with van der Waals surface area (Å²) in [6.07, 6.45) is 1.59. The molecule has 0 unspecified atom stereocenters. The molecular weight excluding hydrogens is 254 g/mol. The molecule has 0 saturated carbocycles. The first-order chi connectivity index (χ1) is 9.49. The molecular formula is C15H19N3O2. The fraction of sp³-hybridized carbons (Fsp3) is 0.333. The van der Waals surface area contributed by atoms with Crippen molar-refractivity contribution in [1.82, 2.24) is 14.5 Å². The summed E-state index contributed by atoms with van der Waals surface area (Å²) in [5.41, 5.74) is 2.42. The van der Waals surface area contributed by atoms with Crippen molar-refractivity contribution in [2.45, 2.75) is 20.0 Å². The Bertz CT molecular complexity index is 711. The van der Waals surface area contributed by atoms with E-state index in [1.54, 1.807) is 13.2 Å². The molecule has 0 aliphatic carbocycles. The van der Waals surface area contributed by atoms with Gasteiger partial charge in [-0.1, -0.05) is 29.8 Å². The van der Waals surface area contributed by atoms with Gasteiger partial charge in [0.2, 0.25) is 0 Å². The highest BCUT2D eigenvalue weighted by Crippen LogP contribution is 2.02. The maximum Gasteiger partial charge on any atom is 0.330 e. The Balaban J connectivity index is 2.07. The lowest BCUT2D eigenvalue weighted by Gasteiger charge is -2.08. The van der Waals surface area contributed by atoms with E-state index in [-0.39, 0.29) is 11.2 Å². The highest BCUT2D eigenvalue weighted by molar-refractivity contribution is 5.21. The molecule has 5 nitrogen and oxygen atoms in total. The van der Waals surface area contributed by atoms with Crippen LogP contribution < -0.4 is 16.6 Å². The van der Waals surface area contributed by atoms with Gasteiger partial charge in [0.05, 0.1) is 0 Å². The molecule has 20 heavy (non-hydrogen) atoms. The maximum absolute atomic E-state index is 11.9. The van der Waals surface area contributed by atoms with E-state index in [1.807, 2.05) is 6.92 Å². The van der Waals surface area contributed by atoms with Gasteiger partial charge in [-0.2, -0.15) is 0 Å². The summed E-state index contributed by atoms with van der Waals surface area (Å²) in [5.74, 6) is 0. The molecule has 0 aliphatic rings. The zero-order chi connectivity index (χ0) is 14.7. The van der Waals surface area contributed by atoms with Gasteiger partial charge in [0.25, 0.3) is 5.56 Å². The Morgan fingerprint density at radius 1 is 1.05 bits per heavy atom. The first-order valence-electron chi connectivity index (χ1n) is 6.51. The second-order valence-corrected chi connectivity index (χ2v) is 5.00. The van der Waals surface area contributed by atoms with Crippen LogP contribution in [-0.2, 0) is 27.2 Å². The highest BCUT2D eigenvalue weighted by Gasteiger charge is 2.06. The number of nitrogens with one attached hydrogen (secondary N) is 1. The Morgan fingerprint density at radius 3 is 2.35 bits per heavy atom. The fourth-order valence-electron chi connectivity index (χ4n) is 2.05. The summed E-state index contributed by atoms with van der Waals surface area (Å²) in [5, 5.41) is 3.22. The van der Waals surface area contributed by atoms with Crippen molar-refractivity contribution >= 4 is 0 Å². The predicted molar refractivity (Wildman–Crippen MR) is 78.6 cm³/mol. The molecule has 0 spiro atoms. The third-order valence-electron chi connectivity index (χ3n) is 3.28. The Kier molecular flexibility index (Phi) is 4.20. The number of hydrogen-bond acceptors (Lipinski definition) is 3. The minimum atomic E-state index is -0.308. The number of benzene rings is 1. The molecule has 1 heterocycles. The topological polar surface area (TPSA) is 56.0 Å². The smallest absolute Gasteiger partial charge is 0.308 e. The molecule has 0 amide bonds. The lowest BCUT2D eigenvalue weighted by Crippen LogP contribution is -2.39. The Morgan fingerprint density at radius 2 is 1.70 bits per heavy atom. The summed E-state index contributed by atoms with van der Waals surface area (Å²) in [6.45, 7) is 3.17. The normalized spacial score (nSPS) is 10.8. The molecule has 0 bridgehead atoms. The van der Waals surface area contributed by atoms with Crippen molar-refractivity contribution in [1.29, 1.82) is 0 Å². The monoisotopic (exact) mass is 273 g/mol. The van der Waals surface area contributed by atoms with E-state index < -0.39 is 0 Å². The average molecular weight is 273 g/mol. The first kappa shape index (κ1) is 14.3. The van der Waals surface area contributed by atoms with Gasteiger partial charge in [-0.3, -0.25) is 9.36 Å². The van der Waals surface area contributed by atoms with Gasteiger partial charge >= 0.3 is 5.69 Å². The van der Waals surface area contributed by atoms with E-state index in [0.717, 1.165) is 10.1 Å². The van der Waals surface area contributed by atoms with E-state index in [4.69, 9.17) is 0 Å². The zero-order valence-electron chi connectivity index (χ0n) is 12.0. The van der Waals surface area contributed by atoms with Gasteiger partial charge in [0.15, 0.2) is 0 Å². The van der Waals surface area contributed by atoms with Crippen LogP contribution >= 0.6 is 0 Å². The highest BCUT2D eigenvalue weighted by atomic mass is 16.2. The molecule has 0 aliphatic heterocycles. The van der Waals surface area contributed by atoms with Crippen LogP contribution in [0.2, 0.25) is 0 Å². The first-order valence-corrected chi connectivity index (χ1v) is 6.51. The molecule has 2 rings (SSSR count). The summed E-state index contributed by atoms with van der Waals surface area (Å²) in [7, 11) is 3.14. The second kappa shape index (κ2) is 5.88. The Labute approximate surface area is 117 Å². The molecule has 1 aromatic carbocycles. The average Bonchev–Trinajstić information content (AvgIpc) is 2.44. The van der Waals surface area contributed by atoms with Gasteiger partial charge in [0.1, 0.15) is 0 Å². The van der Waals surface area contributed by atoms with Gasteiger partial charge < -0.3 is 9.88 Å². The summed E-state index contributed by atoms with van der Waals surface area (Å²) < 4.78 is 2.55.